The zero-order valence-corrected chi connectivity index (χ0v) is 15.1. The van der Waals surface area contributed by atoms with Gasteiger partial charge in [-0.3, -0.25) is 4.79 Å². The van der Waals surface area contributed by atoms with Crippen LogP contribution in [0.1, 0.15) is 27.2 Å². The van der Waals surface area contributed by atoms with E-state index in [9.17, 15) is 4.79 Å². The lowest BCUT2D eigenvalue weighted by Crippen LogP contribution is -2.24. The van der Waals surface area contributed by atoms with Gasteiger partial charge in [-0.1, -0.05) is 59.6 Å². The van der Waals surface area contributed by atoms with Crippen LogP contribution < -0.4 is 10.6 Å². The largest absolute Gasteiger partial charge is 0.364 e. The van der Waals surface area contributed by atoms with Crippen molar-refractivity contribution in [3.8, 4) is 0 Å². The van der Waals surface area contributed by atoms with Crippen molar-refractivity contribution >= 4 is 23.3 Å². The molecule has 2 aromatic carbocycles. The normalized spacial score (nSPS) is 10.4. The van der Waals surface area contributed by atoms with Crippen molar-refractivity contribution in [3.05, 3.63) is 88.1 Å². The highest BCUT2D eigenvalue weighted by Crippen LogP contribution is 2.16. The first-order valence-corrected chi connectivity index (χ1v) is 8.64. The van der Waals surface area contributed by atoms with Crippen LogP contribution in [0.2, 0.25) is 5.02 Å². The van der Waals surface area contributed by atoms with Crippen LogP contribution in [0, 0.1) is 6.92 Å². The number of nitrogens with one attached hydrogen (secondary N) is 2. The van der Waals surface area contributed by atoms with Crippen LogP contribution in [0.25, 0.3) is 0 Å². The average Bonchev–Trinajstić information content (AvgIpc) is 2.67. The summed E-state index contributed by atoms with van der Waals surface area (Å²) in [5.74, 6) is 0.329. The summed E-state index contributed by atoms with van der Waals surface area (Å²) in [6, 6.07) is 19.0. The van der Waals surface area contributed by atoms with Crippen LogP contribution in [0.15, 0.2) is 60.7 Å². The van der Waals surface area contributed by atoms with Crippen molar-refractivity contribution in [1.29, 1.82) is 0 Å². The molecule has 0 bridgehead atoms. The van der Waals surface area contributed by atoms with Crippen LogP contribution in [-0.4, -0.2) is 16.1 Å². The Hall–Kier alpha value is -2.92. The molecule has 2 N–H and O–H groups in total. The fraction of sp³-hybridized carbons (Fsp3) is 0.150. The van der Waals surface area contributed by atoms with Gasteiger partial charge in [-0.2, -0.15) is 0 Å². The highest BCUT2D eigenvalue weighted by atomic mass is 35.5. The lowest BCUT2D eigenvalue weighted by Gasteiger charge is -2.08. The lowest BCUT2D eigenvalue weighted by molar-refractivity contribution is 0.0945. The van der Waals surface area contributed by atoms with Crippen molar-refractivity contribution in [2.24, 2.45) is 0 Å². The summed E-state index contributed by atoms with van der Waals surface area (Å²) in [6.07, 6.45) is 0. The van der Waals surface area contributed by atoms with Gasteiger partial charge < -0.3 is 10.6 Å². The van der Waals surface area contributed by atoms with Crippen molar-refractivity contribution in [2.45, 2.75) is 20.0 Å². The maximum Gasteiger partial charge on any atom is 0.272 e. The molecule has 0 saturated carbocycles. The van der Waals surface area contributed by atoms with Gasteiger partial charge in [-0.15, -0.1) is 10.2 Å². The van der Waals surface area contributed by atoms with Crippen molar-refractivity contribution in [3.63, 3.8) is 0 Å². The number of benzene rings is 2. The molecule has 0 aliphatic heterocycles. The van der Waals surface area contributed by atoms with Crippen LogP contribution in [0.5, 0.6) is 0 Å². The minimum Gasteiger partial charge on any atom is -0.364 e. The highest BCUT2D eigenvalue weighted by molar-refractivity contribution is 6.31. The van der Waals surface area contributed by atoms with Gasteiger partial charge in [0, 0.05) is 18.1 Å². The van der Waals surface area contributed by atoms with E-state index in [-0.39, 0.29) is 11.6 Å². The molecule has 0 fully saturated rings. The smallest absolute Gasteiger partial charge is 0.272 e. The van der Waals surface area contributed by atoms with Crippen molar-refractivity contribution in [1.82, 2.24) is 15.5 Å². The van der Waals surface area contributed by atoms with Crippen LogP contribution in [0.3, 0.4) is 0 Å². The number of nitrogens with zero attached hydrogens (tertiary/aromatic N) is 2. The van der Waals surface area contributed by atoms with E-state index in [1.54, 1.807) is 12.1 Å². The predicted octanol–water partition coefficient (Wildman–Crippen LogP) is 3.98. The number of aryl methyl sites for hydroxylation is 1. The number of hydrogen-bond donors (Lipinski definition) is 2. The number of aromatic nitrogens is 2. The van der Waals surface area contributed by atoms with Gasteiger partial charge in [0.25, 0.3) is 5.91 Å². The first kappa shape index (κ1) is 17.9. The summed E-state index contributed by atoms with van der Waals surface area (Å²) >= 11 is 6.12. The van der Waals surface area contributed by atoms with E-state index >= 15 is 0 Å². The third kappa shape index (κ3) is 4.80. The minimum absolute atomic E-state index is 0.254. The van der Waals surface area contributed by atoms with Crippen molar-refractivity contribution in [2.75, 3.05) is 5.32 Å². The molecule has 0 atom stereocenters. The summed E-state index contributed by atoms with van der Waals surface area (Å²) in [5.41, 5.74) is 3.47. The maximum absolute atomic E-state index is 12.2. The number of halogens is 1. The highest BCUT2D eigenvalue weighted by Gasteiger charge is 2.08. The molecule has 1 aromatic heterocycles. The van der Waals surface area contributed by atoms with E-state index in [1.807, 2.05) is 55.5 Å². The Labute approximate surface area is 157 Å². The first-order chi connectivity index (χ1) is 12.6. The molecule has 26 heavy (non-hydrogen) atoms. The second-order valence-corrected chi connectivity index (χ2v) is 6.32. The molecule has 3 rings (SSSR count). The fourth-order valence-corrected chi connectivity index (χ4v) is 2.56. The molecule has 0 unspecified atom stereocenters. The molecule has 5 nitrogen and oxygen atoms in total. The summed E-state index contributed by atoms with van der Waals surface area (Å²) < 4.78 is 0. The third-order valence-corrected chi connectivity index (χ3v) is 4.26. The average molecular weight is 367 g/mol. The lowest BCUT2D eigenvalue weighted by atomic mass is 10.1. The van der Waals surface area contributed by atoms with Gasteiger partial charge in [0.15, 0.2) is 5.69 Å². The first-order valence-electron chi connectivity index (χ1n) is 8.26. The van der Waals surface area contributed by atoms with E-state index < -0.39 is 0 Å². The van der Waals surface area contributed by atoms with E-state index in [4.69, 9.17) is 11.6 Å². The topological polar surface area (TPSA) is 66.9 Å². The van der Waals surface area contributed by atoms with E-state index in [1.165, 1.54) is 5.56 Å². The minimum atomic E-state index is -0.254. The molecular weight excluding hydrogens is 348 g/mol. The summed E-state index contributed by atoms with van der Waals surface area (Å²) in [5, 5.41) is 14.7. The summed E-state index contributed by atoms with van der Waals surface area (Å²) in [7, 11) is 0. The van der Waals surface area contributed by atoms with Crippen LogP contribution >= 0.6 is 11.6 Å². The van der Waals surface area contributed by atoms with E-state index in [0.717, 1.165) is 11.1 Å². The molecule has 132 valence electrons. The Morgan fingerprint density at radius 2 is 1.73 bits per heavy atom. The van der Waals surface area contributed by atoms with Gasteiger partial charge in [-0.05, 0) is 36.2 Å². The molecule has 0 saturated heterocycles. The SMILES string of the molecule is Cc1ccc(CNC(=O)c2ccc(NCc3ccccc3Cl)nn2)cc1. The second-order valence-electron chi connectivity index (χ2n) is 5.92. The third-order valence-electron chi connectivity index (χ3n) is 3.89. The molecule has 3 aromatic rings. The maximum atomic E-state index is 12.2. The van der Waals surface area contributed by atoms with Gasteiger partial charge in [0.1, 0.15) is 5.82 Å². The predicted molar refractivity (Wildman–Crippen MR) is 103 cm³/mol. The quantitative estimate of drug-likeness (QED) is 0.692. The summed E-state index contributed by atoms with van der Waals surface area (Å²) in [6.45, 7) is 3.01. The molecule has 0 radical (unpaired) electrons. The number of carbonyl (C=O) groups excluding carboxylic acids is 1. The Morgan fingerprint density at radius 3 is 2.42 bits per heavy atom. The zero-order valence-electron chi connectivity index (χ0n) is 14.4. The molecule has 1 heterocycles. The number of anilines is 1. The van der Waals surface area contributed by atoms with E-state index in [2.05, 4.69) is 20.8 Å². The Balaban J connectivity index is 1.54. The van der Waals surface area contributed by atoms with Gasteiger partial charge in [0.2, 0.25) is 0 Å². The van der Waals surface area contributed by atoms with Crippen LogP contribution in [0.4, 0.5) is 5.82 Å². The van der Waals surface area contributed by atoms with Gasteiger partial charge in [-0.25, -0.2) is 0 Å². The Morgan fingerprint density at radius 1 is 0.962 bits per heavy atom. The number of hydrogen-bond acceptors (Lipinski definition) is 4. The zero-order chi connectivity index (χ0) is 18.4. The number of amides is 1. The molecule has 6 heteroatoms. The molecule has 0 aliphatic carbocycles. The van der Waals surface area contributed by atoms with E-state index in [0.29, 0.717) is 23.9 Å². The molecular formula is C20H19ClN4O. The molecule has 0 aliphatic rings. The second kappa shape index (κ2) is 8.45. The number of rotatable bonds is 6. The Bertz CT molecular complexity index is 879. The molecule has 0 spiro atoms. The van der Waals surface area contributed by atoms with Gasteiger partial charge >= 0.3 is 0 Å². The van der Waals surface area contributed by atoms with Crippen molar-refractivity contribution < 1.29 is 4.79 Å². The molecule has 1 amide bonds. The van der Waals surface area contributed by atoms with Crippen LogP contribution in [-0.2, 0) is 13.1 Å². The van der Waals surface area contributed by atoms with Gasteiger partial charge in [0.05, 0.1) is 0 Å². The standard InChI is InChI=1S/C20H19ClN4O/c1-14-6-8-15(9-7-14)12-23-20(26)18-10-11-19(25-24-18)22-13-16-4-2-3-5-17(16)21/h2-11H,12-13H2,1H3,(H,22,25)(H,23,26). The summed E-state index contributed by atoms with van der Waals surface area (Å²) in [4.78, 5) is 12.2. The Kier molecular flexibility index (Phi) is 5.81. The fourth-order valence-electron chi connectivity index (χ4n) is 2.35. The monoisotopic (exact) mass is 366 g/mol. The number of carbonyl (C=O) groups is 1.